The minimum Gasteiger partial charge on any atom is -0.452 e. The van der Waals surface area contributed by atoms with Crippen molar-refractivity contribution in [2.24, 2.45) is 10.2 Å². The Morgan fingerprint density at radius 3 is 2.15 bits per heavy atom. The average Bonchev–Trinajstić information content (AvgIpc) is 2.73. The van der Waals surface area contributed by atoms with E-state index < -0.39 is 11.9 Å². The van der Waals surface area contributed by atoms with Gasteiger partial charge in [-0.15, -0.1) is 0 Å². The number of anilines is 1. The quantitative estimate of drug-likeness (QED) is 0.524. The lowest BCUT2D eigenvalue weighted by Gasteiger charge is -2.06. The molecule has 0 aliphatic heterocycles. The summed E-state index contributed by atoms with van der Waals surface area (Å²) in [5.74, 6) is -1.01. The summed E-state index contributed by atoms with van der Waals surface area (Å²) >= 11 is 0. The van der Waals surface area contributed by atoms with E-state index in [0.29, 0.717) is 16.9 Å². The van der Waals surface area contributed by atoms with Crippen molar-refractivity contribution in [2.75, 3.05) is 11.9 Å². The van der Waals surface area contributed by atoms with Crippen LogP contribution in [-0.4, -0.2) is 23.5 Å². The highest BCUT2D eigenvalue weighted by Gasteiger charge is 2.10. The standard InChI is InChI=1S/C20H16N4O3/c25-19(14-27-20(26)15-10-12-21-13-11-15)22-16-6-8-18(9-7-16)24-23-17-4-2-1-3-5-17/h1-13H,14H2,(H,22,25). The van der Waals surface area contributed by atoms with Crippen molar-refractivity contribution in [3.63, 3.8) is 0 Å². The van der Waals surface area contributed by atoms with Gasteiger partial charge >= 0.3 is 5.97 Å². The van der Waals surface area contributed by atoms with Crippen LogP contribution in [0, 0.1) is 0 Å². The lowest BCUT2D eigenvalue weighted by Crippen LogP contribution is -2.20. The second-order valence-electron chi connectivity index (χ2n) is 5.44. The number of aromatic nitrogens is 1. The molecule has 0 fully saturated rings. The van der Waals surface area contributed by atoms with Crippen LogP contribution in [0.5, 0.6) is 0 Å². The fourth-order valence-electron chi connectivity index (χ4n) is 2.12. The molecule has 0 atom stereocenters. The van der Waals surface area contributed by atoms with E-state index >= 15 is 0 Å². The number of carbonyl (C=O) groups excluding carboxylic acids is 2. The van der Waals surface area contributed by atoms with E-state index in [2.05, 4.69) is 20.5 Å². The second kappa shape index (κ2) is 9.00. The molecule has 0 saturated heterocycles. The number of esters is 1. The molecule has 0 aliphatic carbocycles. The molecular weight excluding hydrogens is 344 g/mol. The number of carbonyl (C=O) groups is 2. The van der Waals surface area contributed by atoms with Gasteiger partial charge in [0.15, 0.2) is 6.61 Å². The maximum Gasteiger partial charge on any atom is 0.338 e. The molecule has 0 spiro atoms. The maximum atomic E-state index is 11.9. The van der Waals surface area contributed by atoms with Crippen LogP contribution < -0.4 is 5.32 Å². The molecule has 1 heterocycles. The normalized spacial score (nSPS) is 10.5. The van der Waals surface area contributed by atoms with Gasteiger partial charge in [0.25, 0.3) is 5.91 Å². The van der Waals surface area contributed by atoms with Gasteiger partial charge in [-0.2, -0.15) is 10.2 Å². The Balaban J connectivity index is 1.50. The third kappa shape index (κ3) is 5.57. The predicted molar refractivity (Wildman–Crippen MR) is 100 cm³/mol. The first-order chi connectivity index (χ1) is 13.2. The lowest BCUT2D eigenvalue weighted by molar-refractivity contribution is -0.119. The molecule has 0 saturated carbocycles. The molecule has 3 rings (SSSR count). The summed E-state index contributed by atoms with van der Waals surface area (Å²) in [4.78, 5) is 27.5. The van der Waals surface area contributed by atoms with Gasteiger partial charge in [0, 0.05) is 18.1 Å². The Hall–Kier alpha value is -3.87. The lowest BCUT2D eigenvalue weighted by atomic mass is 10.3. The van der Waals surface area contributed by atoms with Crippen molar-refractivity contribution in [1.29, 1.82) is 0 Å². The number of benzene rings is 2. The van der Waals surface area contributed by atoms with Gasteiger partial charge < -0.3 is 10.1 Å². The van der Waals surface area contributed by atoms with Crippen LogP contribution in [0.2, 0.25) is 0 Å². The van der Waals surface area contributed by atoms with Crippen molar-refractivity contribution in [3.05, 3.63) is 84.7 Å². The minimum atomic E-state index is -0.579. The minimum absolute atomic E-state index is 0.339. The molecule has 0 aliphatic rings. The molecule has 0 bridgehead atoms. The molecule has 0 unspecified atom stereocenters. The van der Waals surface area contributed by atoms with E-state index in [9.17, 15) is 9.59 Å². The largest absolute Gasteiger partial charge is 0.452 e. The van der Waals surface area contributed by atoms with Gasteiger partial charge in [-0.25, -0.2) is 4.79 Å². The molecule has 7 heteroatoms. The smallest absolute Gasteiger partial charge is 0.338 e. The number of nitrogens with zero attached hydrogens (tertiary/aromatic N) is 3. The van der Waals surface area contributed by atoms with Gasteiger partial charge in [-0.1, -0.05) is 18.2 Å². The monoisotopic (exact) mass is 360 g/mol. The van der Waals surface area contributed by atoms with Gasteiger partial charge in [0.2, 0.25) is 0 Å². The Morgan fingerprint density at radius 1 is 0.852 bits per heavy atom. The number of ether oxygens (including phenoxy) is 1. The van der Waals surface area contributed by atoms with Crippen molar-refractivity contribution in [1.82, 2.24) is 4.98 Å². The molecule has 2 aromatic carbocycles. The van der Waals surface area contributed by atoms with Gasteiger partial charge in [0.1, 0.15) is 0 Å². The fraction of sp³-hybridized carbons (Fsp3) is 0.0500. The first-order valence-electron chi connectivity index (χ1n) is 8.14. The molecule has 1 N–H and O–H groups in total. The number of nitrogens with one attached hydrogen (secondary N) is 1. The Kier molecular flexibility index (Phi) is 5.98. The first-order valence-corrected chi connectivity index (χ1v) is 8.14. The van der Waals surface area contributed by atoms with Gasteiger partial charge in [-0.05, 0) is 48.5 Å². The first kappa shape index (κ1) is 17.9. The molecule has 134 valence electrons. The third-order valence-corrected chi connectivity index (χ3v) is 3.44. The highest BCUT2D eigenvalue weighted by Crippen LogP contribution is 2.20. The van der Waals surface area contributed by atoms with E-state index in [-0.39, 0.29) is 6.61 Å². The van der Waals surface area contributed by atoms with Gasteiger partial charge in [-0.3, -0.25) is 9.78 Å². The summed E-state index contributed by atoms with van der Waals surface area (Å²) < 4.78 is 4.96. The zero-order chi connectivity index (χ0) is 18.9. The zero-order valence-electron chi connectivity index (χ0n) is 14.3. The topological polar surface area (TPSA) is 93.0 Å². The molecule has 1 amide bonds. The van der Waals surface area contributed by atoms with Crippen LogP contribution in [0.1, 0.15) is 10.4 Å². The number of azo groups is 1. The van der Waals surface area contributed by atoms with Crippen LogP contribution in [0.25, 0.3) is 0 Å². The van der Waals surface area contributed by atoms with Crippen LogP contribution in [0.4, 0.5) is 17.1 Å². The van der Waals surface area contributed by atoms with Crippen molar-refractivity contribution < 1.29 is 14.3 Å². The van der Waals surface area contributed by atoms with Crippen LogP contribution in [0.3, 0.4) is 0 Å². The van der Waals surface area contributed by atoms with E-state index in [1.165, 1.54) is 24.5 Å². The summed E-state index contributed by atoms with van der Waals surface area (Å²) in [6, 6.07) is 19.3. The zero-order valence-corrected chi connectivity index (χ0v) is 14.3. The molecular formula is C20H16N4O3. The average molecular weight is 360 g/mol. The Morgan fingerprint density at radius 2 is 1.48 bits per heavy atom. The summed E-state index contributed by atoms with van der Waals surface area (Å²) in [6.07, 6.45) is 2.96. The van der Waals surface area contributed by atoms with E-state index in [4.69, 9.17) is 4.74 Å². The van der Waals surface area contributed by atoms with E-state index in [1.54, 1.807) is 24.3 Å². The summed E-state index contributed by atoms with van der Waals surface area (Å²) in [6.45, 7) is -0.378. The fourth-order valence-corrected chi connectivity index (χ4v) is 2.12. The summed E-state index contributed by atoms with van der Waals surface area (Å²) in [7, 11) is 0. The summed E-state index contributed by atoms with van der Waals surface area (Å²) in [5, 5.41) is 10.9. The maximum absolute atomic E-state index is 11.9. The highest BCUT2D eigenvalue weighted by molar-refractivity contribution is 5.95. The van der Waals surface area contributed by atoms with Crippen molar-refractivity contribution in [3.8, 4) is 0 Å². The van der Waals surface area contributed by atoms with E-state index in [1.807, 2.05) is 30.3 Å². The van der Waals surface area contributed by atoms with Crippen LogP contribution in [0.15, 0.2) is 89.4 Å². The SMILES string of the molecule is O=C(COC(=O)c1ccncc1)Nc1ccc(N=Nc2ccccc2)cc1. The molecule has 0 radical (unpaired) electrons. The number of amides is 1. The Labute approximate surface area is 155 Å². The Bertz CT molecular complexity index is 926. The number of pyridine rings is 1. The van der Waals surface area contributed by atoms with Crippen molar-refractivity contribution in [2.45, 2.75) is 0 Å². The number of rotatable bonds is 6. The summed E-state index contributed by atoms with van der Waals surface area (Å²) in [5.41, 5.74) is 2.32. The van der Waals surface area contributed by atoms with E-state index in [0.717, 1.165) is 5.69 Å². The number of hydrogen-bond acceptors (Lipinski definition) is 6. The third-order valence-electron chi connectivity index (χ3n) is 3.44. The molecule has 27 heavy (non-hydrogen) atoms. The molecule has 3 aromatic rings. The second-order valence-corrected chi connectivity index (χ2v) is 5.44. The van der Waals surface area contributed by atoms with Crippen LogP contribution >= 0.6 is 0 Å². The van der Waals surface area contributed by atoms with Crippen molar-refractivity contribution >= 4 is 28.9 Å². The predicted octanol–water partition coefficient (Wildman–Crippen LogP) is 4.29. The van der Waals surface area contributed by atoms with Crippen LogP contribution in [-0.2, 0) is 9.53 Å². The molecule has 7 nitrogen and oxygen atoms in total. The van der Waals surface area contributed by atoms with Gasteiger partial charge in [0.05, 0.1) is 16.9 Å². The highest BCUT2D eigenvalue weighted by atomic mass is 16.5. The number of hydrogen-bond donors (Lipinski definition) is 1. The molecule has 1 aromatic heterocycles.